The third-order valence-corrected chi connectivity index (χ3v) is 4.30. The Morgan fingerprint density at radius 3 is 2.64 bits per heavy atom. The Hall–Kier alpha value is -1.63. The van der Waals surface area contributed by atoms with Crippen molar-refractivity contribution in [2.24, 2.45) is 0 Å². The zero-order valence-corrected chi connectivity index (χ0v) is 16.4. The van der Waals surface area contributed by atoms with Crippen LogP contribution in [0.25, 0.3) is 5.82 Å². The van der Waals surface area contributed by atoms with Gasteiger partial charge >= 0.3 is 0 Å². The number of hydrogen-bond acceptors (Lipinski definition) is 4. The molecule has 2 aromatic rings. The molecule has 138 valence electrons. The number of aromatic nitrogens is 3. The summed E-state index contributed by atoms with van der Waals surface area (Å²) in [6, 6.07) is 5.99. The minimum atomic E-state index is 0. The quantitative estimate of drug-likeness (QED) is 0.877. The van der Waals surface area contributed by atoms with E-state index in [1.807, 2.05) is 44.0 Å². The van der Waals surface area contributed by atoms with Crippen LogP contribution in [0.2, 0.25) is 0 Å². The van der Waals surface area contributed by atoms with Crippen LogP contribution in [0, 0.1) is 13.8 Å². The fraction of sp³-hybridized carbons (Fsp3) is 0.471. The number of amides is 1. The van der Waals surface area contributed by atoms with E-state index in [9.17, 15) is 4.79 Å². The average molecular weight is 386 g/mol. The van der Waals surface area contributed by atoms with E-state index in [2.05, 4.69) is 15.4 Å². The minimum Gasteiger partial charge on any atom is -0.334 e. The van der Waals surface area contributed by atoms with Crippen molar-refractivity contribution in [1.82, 2.24) is 25.0 Å². The lowest BCUT2D eigenvalue weighted by Gasteiger charge is -2.24. The molecular weight excluding hydrogens is 361 g/mol. The molecule has 0 aliphatic carbocycles. The first kappa shape index (κ1) is 21.4. The zero-order valence-electron chi connectivity index (χ0n) is 14.7. The first-order chi connectivity index (χ1) is 11.1. The topological polar surface area (TPSA) is 63.1 Å². The second-order valence-electron chi connectivity index (χ2n) is 6.10. The molecule has 0 aromatic carbocycles. The fourth-order valence-electron chi connectivity index (χ4n) is 3.22. The lowest BCUT2D eigenvalue weighted by Crippen LogP contribution is -2.40. The smallest absolute Gasteiger partial charge is 0.255 e. The van der Waals surface area contributed by atoms with E-state index in [4.69, 9.17) is 0 Å². The molecule has 0 radical (unpaired) electrons. The van der Waals surface area contributed by atoms with Crippen molar-refractivity contribution in [3.63, 3.8) is 0 Å². The number of carbonyl (C=O) groups excluding carboxylic acids is 1. The highest BCUT2D eigenvalue weighted by molar-refractivity contribution is 5.94. The van der Waals surface area contributed by atoms with Crippen molar-refractivity contribution in [3.05, 3.63) is 41.3 Å². The van der Waals surface area contributed by atoms with Crippen molar-refractivity contribution >= 4 is 30.7 Å². The molecule has 0 saturated carbocycles. The number of pyridine rings is 1. The van der Waals surface area contributed by atoms with Crippen LogP contribution in [0.3, 0.4) is 0 Å². The van der Waals surface area contributed by atoms with Crippen LogP contribution in [0.1, 0.15) is 34.6 Å². The third-order valence-electron chi connectivity index (χ3n) is 4.30. The van der Waals surface area contributed by atoms with Crippen LogP contribution in [0.15, 0.2) is 24.4 Å². The van der Waals surface area contributed by atoms with Gasteiger partial charge in [-0.1, -0.05) is 0 Å². The molecule has 0 spiro atoms. The Bertz CT molecular complexity index is 702. The fourth-order valence-corrected chi connectivity index (χ4v) is 3.22. The van der Waals surface area contributed by atoms with Gasteiger partial charge in [-0.05, 0) is 51.9 Å². The number of hydrogen-bond donors (Lipinski definition) is 1. The predicted molar refractivity (Wildman–Crippen MR) is 103 cm³/mol. The molecule has 1 atom stereocenters. The number of likely N-dealkylation sites (tertiary alicyclic amines) is 1. The Kier molecular flexibility index (Phi) is 7.86. The molecule has 0 bridgehead atoms. The van der Waals surface area contributed by atoms with Crippen LogP contribution in [-0.2, 0) is 0 Å². The van der Waals surface area contributed by atoms with Crippen LogP contribution < -0.4 is 5.32 Å². The molecule has 1 unspecified atom stereocenters. The summed E-state index contributed by atoms with van der Waals surface area (Å²) in [5.41, 5.74) is 2.62. The molecule has 6 nitrogen and oxygen atoms in total. The van der Waals surface area contributed by atoms with Crippen molar-refractivity contribution in [3.8, 4) is 5.82 Å². The van der Waals surface area contributed by atoms with Crippen molar-refractivity contribution in [1.29, 1.82) is 0 Å². The van der Waals surface area contributed by atoms with Gasteiger partial charge in [-0.15, -0.1) is 24.8 Å². The van der Waals surface area contributed by atoms with Gasteiger partial charge in [-0.25, -0.2) is 9.67 Å². The number of nitrogens with one attached hydrogen (secondary N) is 1. The molecular formula is C17H25Cl2N5O. The summed E-state index contributed by atoms with van der Waals surface area (Å²) in [5, 5.41) is 7.58. The lowest BCUT2D eigenvalue weighted by molar-refractivity contribution is 0.0736. The Morgan fingerprint density at radius 2 is 2.08 bits per heavy atom. The molecule has 1 saturated heterocycles. The van der Waals surface area contributed by atoms with Gasteiger partial charge in [0.25, 0.3) is 5.91 Å². The molecule has 1 N–H and O–H groups in total. The maximum absolute atomic E-state index is 12.7. The van der Waals surface area contributed by atoms with Gasteiger partial charge in [0, 0.05) is 31.0 Å². The van der Waals surface area contributed by atoms with E-state index in [1.165, 1.54) is 0 Å². The van der Waals surface area contributed by atoms with Gasteiger partial charge in [0.2, 0.25) is 0 Å². The molecule has 8 heteroatoms. The second kappa shape index (κ2) is 9.17. The summed E-state index contributed by atoms with van der Waals surface area (Å²) in [6.07, 6.45) is 3.78. The van der Waals surface area contributed by atoms with Crippen molar-refractivity contribution in [2.75, 3.05) is 20.1 Å². The van der Waals surface area contributed by atoms with E-state index in [0.717, 1.165) is 43.1 Å². The minimum absolute atomic E-state index is 0. The SMILES string of the molecule is CNCC1CCCN1C(=O)c1ccc(-n2nc(C)cc2C)nc1.Cl.Cl. The summed E-state index contributed by atoms with van der Waals surface area (Å²) in [6.45, 7) is 5.61. The molecule has 1 aliphatic rings. The monoisotopic (exact) mass is 385 g/mol. The van der Waals surface area contributed by atoms with E-state index >= 15 is 0 Å². The van der Waals surface area contributed by atoms with Gasteiger partial charge < -0.3 is 10.2 Å². The summed E-state index contributed by atoms with van der Waals surface area (Å²) >= 11 is 0. The van der Waals surface area contributed by atoms with Crippen molar-refractivity contribution in [2.45, 2.75) is 32.7 Å². The largest absolute Gasteiger partial charge is 0.334 e. The molecule has 3 rings (SSSR count). The van der Waals surface area contributed by atoms with Crippen LogP contribution in [-0.4, -0.2) is 51.8 Å². The van der Waals surface area contributed by atoms with Crippen LogP contribution in [0.5, 0.6) is 0 Å². The maximum Gasteiger partial charge on any atom is 0.255 e. The molecule has 1 aliphatic heterocycles. The molecule has 3 heterocycles. The van der Waals surface area contributed by atoms with Gasteiger partial charge in [-0.2, -0.15) is 5.10 Å². The first-order valence-corrected chi connectivity index (χ1v) is 8.05. The average Bonchev–Trinajstić information content (AvgIpc) is 3.13. The normalized spacial score (nSPS) is 16.3. The number of carbonyl (C=O) groups is 1. The van der Waals surface area contributed by atoms with Crippen molar-refractivity contribution < 1.29 is 4.79 Å². The van der Waals surface area contributed by atoms with Gasteiger partial charge in [-0.3, -0.25) is 4.79 Å². The Labute approximate surface area is 160 Å². The van der Waals surface area contributed by atoms with E-state index in [0.29, 0.717) is 5.56 Å². The summed E-state index contributed by atoms with van der Waals surface area (Å²) in [4.78, 5) is 19.1. The van der Waals surface area contributed by atoms with Gasteiger partial charge in [0.05, 0.1) is 11.3 Å². The van der Waals surface area contributed by atoms with Gasteiger partial charge in [0.1, 0.15) is 0 Å². The Morgan fingerprint density at radius 1 is 1.32 bits per heavy atom. The number of rotatable bonds is 4. The highest BCUT2D eigenvalue weighted by atomic mass is 35.5. The summed E-state index contributed by atoms with van der Waals surface area (Å²) in [7, 11) is 1.92. The number of aryl methyl sites for hydroxylation is 2. The summed E-state index contributed by atoms with van der Waals surface area (Å²) in [5.74, 6) is 0.801. The van der Waals surface area contributed by atoms with Crippen LogP contribution >= 0.6 is 24.8 Å². The number of halogens is 2. The standard InChI is InChI=1S/C17H23N5O.2ClH/c1-12-9-13(2)22(20-12)16-7-6-14(10-19-16)17(23)21-8-4-5-15(21)11-18-3;;/h6-7,9-10,15,18H,4-5,8,11H2,1-3H3;2*1H. The molecule has 1 amide bonds. The zero-order chi connectivity index (χ0) is 16.4. The molecule has 25 heavy (non-hydrogen) atoms. The van der Waals surface area contributed by atoms with Crippen LogP contribution in [0.4, 0.5) is 0 Å². The third kappa shape index (κ3) is 4.51. The van der Waals surface area contributed by atoms with E-state index in [1.54, 1.807) is 10.9 Å². The Balaban J connectivity index is 0.00000156. The summed E-state index contributed by atoms with van der Waals surface area (Å²) < 4.78 is 1.79. The highest BCUT2D eigenvalue weighted by Gasteiger charge is 2.28. The maximum atomic E-state index is 12.7. The van der Waals surface area contributed by atoms with E-state index < -0.39 is 0 Å². The van der Waals surface area contributed by atoms with Gasteiger partial charge in [0.15, 0.2) is 5.82 Å². The number of nitrogens with zero attached hydrogens (tertiary/aromatic N) is 4. The number of likely N-dealkylation sites (N-methyl/N-ethyl adjacent to an activating group) is 1. The molecule has 1 fully saturated rings. The lowest BCUT2D eigenvalue weighted by atomic mass is 10.2. The first-order valence-electron chi connectivity index (χ1n) is 8.05. The van der Waals surface area contributed by atoms with E-state index in [-0.39, 0.29) is 36.8 Å². The second-order valence-corrected chi connectivity index (χ2v) is 6.10. The highest BCUT2D eigenvalue weighted by Crippen LogP contribution is 2.20. The predicted octanol–water partition coefficient (Wildman–Crippen LogP) is 2.55. The molecule has 2 aromatic heterocycles.